The van der Waals surface area contributed by atoms with E-state index in [0.29, 0.717) is 5.56 Å². The lowest BCUT2D eigenvalue weighted by molar-refractivity contribution is -0.277. The Bertz CT molecular complexity index is 969. The number of hydrogen-bond acceptors (Lipinski definition) is 10. The number of hydrogen-bond donors (Lipinski definition) is 6. The second-order valence-corrected chi connectivity index (χ2v) is 7.12. The molecule has 0 aromatic heterocycles. The van der Waals surface area contributed by atoms with Gasteiger partial charge in [0.1, 0.15) is 53.0 Å². The Morgan fingerprint density at radius 1 is 1.06 bits per heavy atom. The Morgan fingerprint density at radius 2 is 1.75 bits per heavy atom. The van der Waals surface area contributed by atoms with E-state index in [1.807, 2.05) is 0 Å². The summed E-state index contributed by atoms with van der Waals surface area (Å²) in [5, 5.41) is 59.2. The molecule has 1 aliphatic rings. The van der Waals surface area contributed by atoms with E-state index >= 15 is 0 Å². The fourth-order valence-corrected chi connectivity index (χ4v) is 3.17. The summed E-state index contributed by atoms with van der Waals surface area (Å²) in [7, 11) is 1.33. The fraction of sp³-hybridized carbons (Fsp3) is 0.318. The van der Waals surface area contributed by atoms with Crippen LogP contribution in [0.1, 0.15) is 15.9 Å². The van der Waals surface area contributed by atoms with Crippen LogP contribution in [0.25, 0.3) is 6.08 Å². The SMILES string of the molecule is COc1cc(O)c(C(=O)C=Cc2ccc(O)cc2)c(OC2OC(CO)C(O)C(O)C2O)c1. The first kappa shape index (κ1) is 23.5. The second kappa shape index (κ2) is 9.98. The van der Waals surface area contributed by atoms with Crippen molar-refractivity contribution in [1.82, 2.24) is 0 Å². The van der Waals surface area contributed by atoms with Crippen molar-refractivity contribution in [3.8, 4) is 23.0 Å². The molecule has 0 spiro atoms. The summed E-state index contributed by atoms with van der Waals surface area (Å²) in [6.07, 6.45) is -5.12. The van der Waals surface area contributed by atoms with Crippen LogP contribution in [-0.4, -0.2) is 80.8 Å². The number of ether oxygens (including phenoxy) is 3. The molecular formula is C22H24O10. The van der Waals surface area contributed by atoms with Gasteiger partial charge in [-0.25, -0.2) is 0 Å². The van der Waals surface area contributed by atoms with Gasteiger partial charge in [0.05, 0.1) is 13.7 Å². The van der Waals surface area contributed by atoms with E-state index in [1.165, 1.54) is 43.5 Å². The van der Waals surface area contributed by atoms with Gasteiger partial charge in [0.25, 0.3) is 0 Å². The molecule has 32 heavy (non-hydrogen) atoms. The van der Waals surface area contributed by atoms with Crippen LogP contribution in [-0.2, 0) is 4.74 Å². The zero-order chi connectivity index (χ0) is 23.4. The number of aliphatic hydroxyl groups excluding tert-OH is 4. The van der Waals surface area contributed by atoms with Crippen molar-refractivity contribution in [2.75, 3.05) is 13.7 Å². The Morgan fingerprint density at radius 3 is 2.38 bits per heavy atom. The van der Waals surface area contributed by atoms with Crippen LogP contribution in [0.2, 0.25) is 0 Å². The highest BCUT2D eigenvalue weighted by Gasteiger charge is 2.45. The molecule has 0 aliphatic carbocycles. The van der Waals surface area contributed by atoms with E-state index in [1.54, 1.807) is 12.1 Å². The van der Waals surface area contributed by atoms with Crippen LogP contribution in [0.3, 0.4) is 0 Å². The first-order valence-corrected chi connectivity index (χ1v) is 9.64. The van der Waals surface area contributed by atoms with Crippen LogP contribution in [0, 0.1) is 0 Å². The zero-order valence-corrected chi connectivity index (χ0v) is 17.0. The molecule has 2 aromatic rings. The maximum atomic E-state index is 12.8. The fourth-order valence-electron chi connectivity index (χ4n) is 3.17. The molecule has 10 heteroatoms. The van der Waals surface area contributed by atoms with Crippen molar-refractivity contribution < 1.29 is 49.6 Å². The van der Waals surface area contributed by atoms with Crippen molar-refractivity contribution in [3.63, 3.8) is 0 Å². The molecule has 172 valence electrons. The monoisotopic (exact) mass is 448 g/mol. The molecule has 6 N–H and O–H groups in total. The van der Waals surface area contributed by atoms with E-state index in [0.717, 1.165) is 0 Å². The molecule has 1 saturated heterocycles. The van der Waals surface area contributed by atoms with Gasteiger partial charge in [-0.1, -0.05) is 18.2 Å². The summed E-state index contributed by atoms with van der Waals surface area (Å²) in [6.45, 7) is -0.657. The molecule has 0 radical (unpaired) electrons. The van der Waals surface area contributed by atoms with Gasteiger partial charge in [-0.2, -0.15) is 0 Å². The number of rotatable bonds is 7. The molecule has 5 unspecified atom stereocenters. The summed E-state index contributed by atoms with van der Waals surface area (Å²) in [4.78, 5) is 12.8. The largest absolute Gasteiger partial charge is 0.508 e. The maximum absolute atomic E-state index is 12.8. The third kappa shape index (κ3) is 5.01. The van der Waals surface area contributed by atoms with Gasteiger partial charge < -0.3 is 44.8 Å². The summed E-state index contributed by atoms with van der Waals surface area (Å²) < 4.78 is 16.0. The number of allylic oxidation sites excluding steroid dienone is 1. The molecule has 5 atom stereocenters. The van der Waals surface area contributed by atoms with E-state index in [2.05, 4.69) is 0 Å². The number of phenolic OH excluding ortho intramolecular Hbond substituents is 2. The summed E-state index contributed by atoms with van der Waals surface area (Å²) in [6, 6.07) is 8.53. The van der Waals surface area contributed by atoms with Crippen molar-refractivity contribution in [1.29, 1.82) is 0 Å². The van der Waals surface area contributed by atoms with Gasteiger partial charge in [0, 0.05) is 12.1 Å². The van der Waals surface area contributed by atoms with Crippen molar-refractivity contribution in [2.45, 2.75) is 30.7 Å². The molecule has 10 nitrogen and oxygen atoms in total. The summed E-state index contributed by atoms with van der Waals surface area (Å²) >= 11 is 0. The molecule has 0 amide bonds. The predicted octanol–water partition coefficient (Wildman–Crippen LogP) is 0.181. The third-order valence-electron chi connectivity index (χ3n) is 4.95. The topological polar surface area (TPSA) is 166 Å². The highest BCUT2D eigenvalue weighted by Crippen LogP contribution is 2.36. The first-order chi connectivity index (χ1) is 15.2. The number of carbonyl (C=O) groups excluding carboxylic acids is 1. The van der Waals surface area contributed by atoms with E-state index < -0.39 is 48.8 Å². The molecular weight excluding hydrogens is 424 g/mol. The molecule has 0 bridgehead atoms. The Balaban J connectivity index is 1.92. The number of phenols is 2. The Kier molecular flexibility index (Phi) is 7.33. The average Bonchev–Trinajstić information content (AvgIpc) is 2.78. The predicted molar refractivity (Wildman–Crippen MR) is 111 cm³/mol. The van der Waals surface area contributed by atoms with Crippen LogP contribution in [0.4, 0.5) is 0 Å². The lowest BCUT2D eigenvalue weighted by Crippen LogP contribution is -2.60. The van der Waals surface area contributed by atoms with E-state index in [9.17, 15) is 35.4 Å². The van der Waals surface area contributed by atoms with E-state index in [4.69, 9.17) is 14.2 Å². The first-order valence-electron chi connectivity index (χ1n) is 9.64. The second-order valence-electron chi connectivity index (χ2n) is 7.12. The Labute approximate surface area is 183 Å². The van der Waals surface area contributed by atoms with Gasteiger partial charge in [-0.15, -0.1) is 0 Å². The number of benzene rings is 2. The molecule has 2 aromatic carbocycles. The van der Waals surface area contributed by atoms with Crippen LogP contribution in [0.15, 0.2) is 42.5 Å². The zero-order valence-electron chi connectivity index (χ0n) is 17.0. The summed E-state index contributed by atoms with van der Waals surface area (Å²) in [5.74, 6) is -1.13. The quantitative estimate of drug-likeness (QED) is 0.254. The van der Waals surface area contributed by atoms with Gasteiger partial charge >= 0.3 is 0 Å². The van der Waals surface area contributed by atoms with Crippen molar-refractivity contribution in [3.05, 3.63) is 53.6 Å². The minimum atomic E-state index is -1.71. The van der Waals surface area contributed by atoms with Crippen LogP contribution >= 0.6 is 0 Å². The van der Waals surface area contributed by atoms with Gasteiger partial charge in [0.15, 0.2) is 5.78 Å². The lowest BCUT2D eigenvalue weighted by atomic mass is 9.99. The van der Waals surface area contributed by atoms with Gasteiger partial charge in [-0.3, -0.25) is 4.79 Å². The molecule has 1 aliphatic heterocycles. The van der Waals surface area contributed by atoms with Crippen LogP contribution in [0.5, 0.6) is 23.0 Å². The highest BCUT2D eigenvalue weighted by molar-refractivity contribution is 6.10. The maximum Gasteiger partial charge on any atom is 0.229 e. The number of ketones is 1. The smallest absolute Gasteiger partial charge is 0.229 e. The molecule has 1 fully saturated rings. The van der Waals surface area contributed by atoms with E-state index in [-0.39, 0.29) is 22.8 Å². The Hall–Kier alpha value is -3.15. The molecule has 3 rings (SSSR count). The number of aromatic hydroxyl groups is 2. The van der Waals surface area contributed by atoms with Gasteiger partial charge in [-0.05, 0) is 23.8 Å². The third-order valence-corrected chi connectivity index (χ3v) is 4.95. The minimum absolute atomic E-state index is 0.0662. The molecule has 0 saturated carbocycles. The van der Waals surface area contributed by atoms with Crippen molar-refractivity contribution >= 4 is 11.9 Å². The van der Waals surface area contributed by atoms with Crippen molar-refractivity contribution in [2.24, 2.45) is 0 Å². The number of methoxy groups -OCH3 is 1. The number of carbonyl (C=O) groups is 1. The van der Waals surface area contributed by atoms with Gasteiger partial charge in [0.2, 0.25) is 6.29 Å². The normalized spacial score (nSPS) is 25.6. The number of aliphatic hydroxyl groups is 4. The van der Waals surface area contributed by atoms with Crippen LogP contribution < -0.4 is 9.47 Å². The standard InChI is InChI=1S/C22H24O10/c1-30-13-8-15(26)18(14(25)7-4-11-2-5-12(24)6-3-11)16(9-13)31-22-21(29)20(28)19(27)17(10-23)32-22/h2-9,17,19-24,26-29H,10H2,1H3. The average molecular weight is 448 g/mol. The highest BCUT2D eigenvalue weighted by atomic mass is 16.7. The lowest BCUT2D eigenvalue weighted by Gasteiger charge is -2.39. The molecule has 1 heterocycles. The summed E-state index contributed by atoms with van der Waals surface area (Å²) in [5.41, 5.74) is 0.346. The minimum Gasteiger partial charge on any atom is -0.508 e.